The van der Waals surface area contributed by atoms with Gasteiger partial charge in [-0.1, -0.05) is 18.2 Å². The van der Waals surface area contributed by atoms with Gasteiger partial charge in [-0.15, -0.1) is 0 Å². The van der Waals surface area contributed by atoms with Gasteiger partial charge in [-0.3, -0.25) is 9.59 Å². The van der Waals surface area contributed by atoms with Crippen molar-refractivity contribution in [2.75, 3.05) is 31.6 Å². The molecule has 5 heteroatoms. The molecule has 1 N–H and O–H groups in total. The van der Waals surface area contributed by atoms with Gasteiger partial charge in [-0.05, 0) is 25.0 Å². The number of hydrogen-bond acceptors (Lipinski definition) is 3. The molecule has 0 aromatic heterocycles. The molecule has 1 unspecified atom stereocenters. The lowest BCUT2D eigenvalue weighted by molar-refractivity contribution is -0.138. The summed E-state index contributed by atoms with van der Waals surface area (Å²) in [6.07, 6.45) is 2.84. The molecule has 2 heterocycles. The number of likely N-dealkylation sites (tertiary alicyclic amines) is 1. The Morgan fingerprint density at radius 2 is 2.09 bits per heavy atom. The molecular weight excluding hydrogens is 280 g/mol. The van der Waals surface area contributed by atoms with E-state index < -0.39 is 0 Å². The van der Waals surface area contributed by atoms with Crippen molar-refractivity contribution >= 4 is 17.5 Å². The van der Waals surface area contributed by atoms with Crippen molar-refractivity contribution in [2.24, 2.45) is 5.41 Å². The van der Waals surface area contributed by atoms with Gasteiger partial charge in [-0.2, -0.15) is 0 Å². The highest BCUT2D eigenvalue weighted by Crippen LogP contribution is 2.38. The Kier molecular flexibility index (Phi) is 4.43. The van der Waals surface area contributed by atoms with Crippen molar-refractivity contribution in [1.82, 2.24) is 4.90 Å². The molecule has 2 amide bonds. The summed E-state index contributed by atoms with van der Waals surface area (Å²) in [5.41, 5.74) is 0.919. The number of ether oxygens (including phenoxy) is 1. The van der Waals surface area contributed by atoms with Gasteiger partial charge < -0.3 is 15.0 Å². The van der Waals surface area contributed by atoms with Crippen LogP contribution in [-0.4, -0.2) is 43.0 Å². The highest BCUT2D eigenvalue weighted by Gasteiger charge is 2.41. The Bertz CT molecular complexity index is 538. The lowest BCUT2D eigenvalue weighted by Gasteiger charge is -2.39. The predicted molar refractivity (Wildman–Crippen MR) is 83.4 cm³/mol. The Morgan fingerprint density at radius 1 is 1.27 bits per heavy atom. The van der Waals surface area contributed by atoms with Gasteiger partial charge in [0.2, 0.25) is 11.8 Å². The summed E-state index contributed by atoms with van der Waals surface area (Å²) in [7, 11) is 0. The van der Waals surface area contributed by atoms with Gasteiger partial charge in [0.25, 0.3) is 0 Å². The normalized spacial score (nSPS) is 24.7. The average Bonchev–Trinajstić information content (AvgIpc) is 2.98. The minimum Gasteiger partial charge on any atom is -0.381 e. The van der Waals surface area contributed by atoms with Crippen LogP contribution in [0, 0.1) is 5.41 Å². The van der Waals surface area contributed by atoms with Crippen LogP contribution >= 0.6 is 0 Å². The largest absolute Gasteiger partial charge is 0.381 e. The molecule has 2 aliphatic heterocycles. The van der Waals surface area contributed by atoms with Gasteiger partial charge in [0.15, 0.2) is 0 Å². The van der Waals surface area contributed by atoms with E-state index in [-0.39, 0.29) is 17.2 Å². The molecule has 1 aromatic carbocycles. The van der Waals surface area contributed by atoms with E-state index in [2.05, 4.69) is 5.32 Å². The van der Waals surface area contributed by atoms with Crippen LogP contribution in [0.25, 0.3) is 0 Å². The standard InChI is InChI=1S/C17H22N2O3/c20-15(18-14-4-2-1-3-5-14)7-10-19-12-17(8-6-16(19)21)9-11-22-13-17/h1-5H,6-13H2,(H,18,20). The van der Waals surface area contributed by atoms with E-state index in [4.69, 9.17) is 4.74 Å². The lowest BCUT2D eigenvalue weighted by Crippen LogP contribution is -2.47. The summed E-state index contributed by atoms with van der Waals surface area (Å²) in [6, 6.07) is 9.38. The molecule has 1 atom stereocenters. The number of hydrogen-bond donors (Lipinski definition) is 1. The number of nitrogens with one attached hydrogen (secondary N) is 1. The number of nitrogens with zero attached hydrogens (tertiary/aromatic N) is 1. The quantitative estimate of drug-likeness (QED) is 0.926. The maximum atomic E-state index is 12.1. The second-order valence-corrected chi connectivity index (χ2v) is 6.28. The van der Waals surface area contributed by atoms with Gasteiger partial charge in [-0.25, -0.2) is 0 Å². The van der Waals surface area contributed by atoms with Gasteiger partial charge in [0.05, 0.1) is 6.61 Å². The molecule has 1 aromatic rings. The number of para-hydroxylation sites is 1. The minimum absolute atomic E-state index is 0.0544. The Labute approximate surface area is 130 Å². The van der Waals surface area contributed by atoms with E-state index in [1.54, 1.807) is 0 Å². The SMILES string of the molecule is O=C(CCN1CC2(CCOC2)CCC1=O)Nc1ccccc1. The summed E-state index contributed by atoms with van der Waals surface area (Å²) in [6.45, 7) is 2.74. The first kappa shape index (κ1) is 15.0. The Hall–Kier alpha value is -1.88. The van der Waals surface area contributed by atoms with E-state index in [1.807, 2.05) is 35.2 Å². The van der Waals surface area contributed by atoms with Crippen molar-refractivity contribution in [3.8, 4) is 0 Å². The minimum atomic E-state index is -0.0544. The van der Waals surface area contributed by atoms with Crippen LogP contribution in [0.4, 0.5) is 5.69 Å². The summed E-state index contributed by atoms with van der Waals surface area (Å²) in [5, 5.41) is 2.86. The number of carbonyl (C=O) groups excluding carboxylic acids is 2. The van der Waals surface area contributed by atoms with Crippen molar-refractivity contribution in [2.45, 2.75) is 25.7 Å². The summed E-state index contributed by atoms with van der Waals surface area (Å²) in [5.74, 6) is 0.103. The smallest absolute Gasteiger partial charge is 0.226 e. The van der Waals surface area contributed by atoms with E-state index in [9.17, 15) is 9.59 Å². The second kappa shape index (κ2) is 6.48. The fourth-order valence-corrected chi connectivity index (χ4v) is 3.26. The highest BCUT2D eigenvalue weighted by molar-refractivity contribution is 5.91. The Morgan fingerprint density at radius 3 is 2.82 bits per heavy atom. The molecule has 3 rings (SSSR count). The molecule has 2 fully saturated rings. The molecule has 118 valence electrons. The van der Waals surface area contributed by atoms with E-state index in [1.165, 1.54) is 0 Å². The van der Waals surface area contributed by atoms with Gasteiger partial charge >= 0.3 is 0 Å². The van der Waals surface area contributed by atoms with E-state index >= 15 is 0 Å². The van der Waals surface area contributed by atoms with Crippen LogP contribution in [0.1, 0.15) is 25.7 Å². The van der Waals surface area contributed by atoms with Crippen molar-refractivity contribution in [3.63, 3.8) is 0 Å². The summed E-state index contributed by atoms with van der Waals surface area (Å²) < 4.78 is 5.51. The number of piperidine rings is 1. The molecular formula is C17H22N2O3. The highest BCUT2D eigenvalue weighted by atomic mass is 16.5. The topological polar surface area (TPSA) is 58.6 Å². The number of anilines is 1. The van der Waals surface area contributed by atoms with Crippen LogP contribution in [0.15, 0.2) is 30.3 Å². The molecule has 0 aliphatic carbocycles. The lowest BCUT2D eigenvalue weighted by atomic mass is 9.79. The van der Waals surface area contributed by atoms with Crippen LogP contribution in [0.2, 0.25) is 0 Å². The van der Waals surface area contributed by atoms with Gasteiger partial charge in [0.1, 0.15) is 0 Å². The molecule has 0 bridgehead atoms. The first-order valence-electron chi connectivity index (χ1n) is 7.87. The van der Waals surface area contributed by atoms with Crippen molar-refractivity contribution < 1.29 is 14.3 Å². The van der Waals surface area contributed by atoms with Crippen molar-refractivity contribution in [1.29, 1.82) is 0 Å². The molecule has 1 spiro atoms. The zero-order valence-electron chi connectivity index (χ0n) is 12.7. The molecule has 22 heavy (non-hydrogen) atoms. The molecule has 0 radical (unpaired) electrons. The third kappa shape index (κ3) is 3.47. The molecule has 0 saturated carbocycles. The number of amides is 2. The number of benzene rings is 1. The summed E-state index contributed by atoms with van der Waals surface area (Å²) in [4.78, 5) is 25.9. The average molecular weight is 302 g/mol. The van der Waals surface area contributed by atoms with E-state index in [0.29, 0.717) is 19.4 Å². The number of rotatable bonds is 4. The maximum Gasteiger partial charge on any atom is 0.226 e. The molecule has 5 nitrogen and oxygen atoms in total. The van der Waals surface area contributed by atoms with Crippen LogP contribution in [0.5, 0.6) is 0 Å². The first-order valence-corrected chi connectivity index (χ1v) is 7.87. The molecule has 2 aliphatic rings. The second-order valence-electron chi connectivity index (χ2n) is 6.28. The predicted octanol–water partition coefficient (Wildman–Crippen LogP) is 2.04. The van der Waals surface area contributed by atoms with Gasteiger partial charge in [0, 0.05) is 43.6 Å². The molecule has 2 saturated heterocycles. The monoisotopic (exact) mass is 302 g/mol. The summed E-state index contributed by atoms with van der Waals surface area (Å²) >= 11 is 0. The fraction of sp³-hybridized carbons (Fsp3) is 0.529. The number of carbonyl (C=O) groups is 2. The zero-order chi connectivity index (χ0) is 15.4. The third-order valence-corrected chi connectivity index (χ3v) is 4.60. The zero-order valence-corrected chi connectivity index (χ0v) is 12.7. The van der Waals surface area contributed by atoms with Crippen molar-refractivity contribution in [3.05, 3.63) is 30.3 Å². The first-order chi connectivity index (χ1) is 10.7. The maximum absolute atomic E-state index is 12.1. The van der Waals surface area contributed by atoms with Crippen LogP contribution in [0.3, 0.4) is 0 Å². The third-order valence-electron chi connectivity index (χ3n) is 4.60. The van der Waals surface area contributed by atoms with E-state index in [0.717, 1.165) is 38.3 Å². The Balaban J connectivity index is 1.51. The van der Waals surface area contributed by atoms with Crippen LogP contribution in [-0.2, 0) is 14.3 Å². The fourth-order valence-electron chi connectivity index (χ4n) is 3.26. The van der Waals surface area contributed by atoms with Crippen LogP contribution < -0.4 is 5.32 Å².